The Labute approximate surface area is 117 Å². The Morgan fingerprint density at radius 3 is 2.50 bits per heavy atom. The van der Waals surface area contributed by atoms with Crippen molar-refractivity contribution in [2.24, 2.45) is 5.73 Å². The molecule has 1 aliphatic rings. The minimum Gasteiger partial charge on any atom is -0.481 e. The van der Waals surface area contributed by atoms with E-state index in [2.05, 4.69) is 10.3 Å². The van der Waals surface area contributed by atoms with Crippen molar-refractivity contribution in [3.05, 3.63) is 23.9 Å². The molecule has 0 spiro atoms. The van der Waals surface area contributed by atoms with Crippen LogP contribution in [0.15, 0.2) is 18.3 Å². The molecule has 1 saturated carbocycles. The fourth-order valence-corrected chi connectivity index (χ4v) is 2.75. The third kappa shape index (κ3) is 3.46. The van der Waals surface area contributed by atoms with Crippen molar-refractivity contribution in [1.29, 1.82) is 0 Å². The molecule has 2 rings (SSSR count). The number of aromatic nitrogens is 1. The van der Waals surface area contributed by atoms with Gasteiger partial charge in [-0.1, -0.05) is 19.3 Å². The zero-order chi connectivity index (χ0) is 14.6. The van der Waals surface area contributed by atoms with Crippen LogP contribution in [0.1, 0.15) is 48.9 Å². The Balaban J connectivity index is 2.14. The van der Waals surface area contributed by atoms with Gasteiger partial charge in [0.25, 0.3) is 0 Å². The van der Waals surface area contributed by atoms with E-state index in [9.17, 15) is 9.59 Å². The minimum absolute atomic E-state index is 0.0756. The molecule has 0 atom stereocenters. The molecule has 108 valence electrons. The summed E-state index contributed by atoms with van der Waals surface area (Å²) in [7, 11) is 0. The highest BCUT2D eigenvalue weighted by molar-refractivity contribution is 5.92. The monoisotopic (exact) mass is 277 g/mol. The van der Waals surface area contributed by atoms with Crippen LogP contribution in [-0.2, 0) is 4.79 Å². The normalized spacial score (nSPS) is 17.4. The number of anilines is 1. The van der Waals surface area contributed by atoms with Gasteiger partial charge in [-0.05, 0) is 25.0 Å². The fraction of sp³-hybridized carbons (Fsp3) is 0.500. The summed E-state index contributed by atoms with van der Waals surface area (Å²) >= 11 is 0. The van der Waals surface area contributed by atoms with E-state index in [-0.39, 0.29) is 6.42 Å². The molecule has 0 radical (unpaired) electrons. The summed E-state index contributed by atoms with van der Waals surface area (Å²) in [5, 5.41) is 12.4. The highest BCUT2D eigenvalue weighted by Gasteiger charge is 2.34. The van der Waals surface area contributed by atoms with E-state index in [0.717, 1.165) is 32.1 Å². The molecule has 1 aliphatic carbocycles. The number of rotatable bonds is 5. The summed E-state index contributed by atoms with van der Waals surface area (Å²) in [4.78, 5) is 26.2. The van der Waals surface area contributed by atoms with Crippen LogP contribution in [0.2, 0.25) is 0 Å². The first-order valence-corrected chi connectivity index (χ1v) is 6.77. The lowest BCUT2D eigenvalue weighted by Gasteiger charge is -2.37. The van der Waals surface area contributed by atoms with Crippen molar-refractivity contribution in [2.75, 3.05) is 5.32 Å². The number of hydrogen-bond acceptors (Lipinski definition) is 4. The molecular weight excluding hydrogens is 258 g/mol. The molecule has 1 heterocycles. The number of pyridine rings is 1. The van der Waals surface area contributed by atoms with Gasteiger partial charge in [-0.2, -0.15) is 0 Å². The number of hydrogen-bond donors (Lipinski definition) is 3. The number of aliphatic carboxylic acids is 1. The van der Waals surface area contributed by atoms with Gasteiger partial charge >= 0.3 is 5.97 Å². The maximum absolute atomic E-state index is 11.1. The van der Waals surface area contributed by atoms with E-state index in [4.69, 9.17) is 10.8 Å². The van der Waals surface area contributed by atoms with E-state index in [1.807, 2.05) is 0 Å². The van der Waals surface area contributed by atoms with Gasteiger partial charge in [0.05, 0.1) is 12.0 Å². The Morgan fingerprint density at radius 1 is 1.30 bits per heavy atom. The number of nitrogens with zero attached hydrogens (tertiary/aromatic N) is 1. The maximum Gasteiger partial charge on any atom is 0.305 e. The van der Waals surface area contributed by atoms with Gasteiger partial charge < -0.3 is 16.2 Å². The van der Waals surface area contributed by atoms with Crippen LogP contribution in [0.25, 0.3) is 0 Å². The van der Waals surface area contributed by atoms with Crippen molar-refractivity contribution in [2.45, 2.75) is 44.1 Å². The molecule has 1 aromatic heterocycles. The van der Waals surface area contributed by atoms with E-state index < -0.39 is 17.4 Å². The summed E-state index contributed by atoms with van der Waals surface area (Å²) in [6, 6.07) is 3.26. The van der Waals surface area contributed by atoms with Gasteiger partial charge in [-0.3, -0.25) is 9.59 Å². The van der Waals surface area contributed by atoms with E-state index in [1.54, 1.807) is 12.1 Å². The molecule has 6 nitrogen and oxygen atoms in total. The molecular formula is C14H19N3O3. The molecule has 1 amide bonds. The lowest BCUT2D eigenvalue weighted by Crippen LogP contribution is -2.42. The third-order valence-electron chi connectivity index (χ3n) is 3.74. The third-order valence-corrected chi connectivity index (χ3v) is 3.74. The van der Waals surface area contributed by atoms with Crippen LogP contribution >= 0.6 is 0 Å². The van der Waals surface area contributed by atoms with Gasteiger partial charge in [0.2, 0.25) is 5.91 Å². The van der Waals surface area contributed by atoms with Gasteiger partial charge in [-0.15, -0.1) is 0 Å². The molecule has 0 aromatic carbocycles. The average molecular weight is 277 g/mol. The molecule has 0 aliphatic heterocycles. The number of amides is 1. The predicted octanol–water partition coefficient (Wildman–Crippen LogP) is 1.77. The molecule has 1 fully saturated rings. The van der Waals surface area contributed by atoms with Gasteiger partial charge in [0.1, 0.15) is 5.82 Å². The fourth-order valence-electron chi connectivity index (χ4n) is 2.75. The Hall–Kier alpha value is -2.11. The molecule has 0 unspecified atom stereocenters. The zero-order valence-electron chi connectivity index (χ0n) is 11.3. The van der Waals surface area contributed by atoms with Crippen LogP contribution in [0.3, 0.4) is 0 Å². The molecule has 20 heavy (non-hydrogen) atoms. The average Bonchev–Trinajstić information content (AvgIpc) is 2.39. The summed E-state index contributed by atoms with van der Waals surface area (Å²) < 4.78 is 0. The van der Waals surface area contributed by atoms with Crippen molar-refractivity contribution in [3.8, 4) is 0 Å². The Kier molecular flexibility index (Phi) is 4.22. The molecule has 0 saturated heterocycles. The largest absolute Gasteiger partial charge is 0.481 e. The van der Waals surface area contributed by atoms with E-state index in [1.165, 1.54) is 6.20 Å². The summed E-state index contributed by atoms with van der Waals surface area (Å²) in [5.41, 5.74) is 5.06. The summed E-state index contributed by atoms with van der Waals surface area (Å²) in [5.74, 6) is -0.756. The van der Waals surface area contributed by atoms with Crippen LogP contribution in [0.5, 0.6) is 0 Å². The highest BCUT2D eigenvalue weighted by Crippen LogP contribution is 2.34. The minimum atomic E-state index is -0.812. The van der Waals surface area contributed by atoms with Crippen molar-refractivity contribution >= 4 is 17.7 Å². The number of carboxylic acid groups (broad SMARTS) is 1. The molecule has 0 bridgehead atoms. The maximum atomic E-state index is 11.1. The van der Waals surface area contributed by atoms with Crippen LogP contribution in [0, 0.1) is 0 Å². The number of primary amides is 1. The van der Waals surface area contributed by atoms with E-state index in [0.29, 0.717) is 11.4 Å². The second kappa shape index (κ2) is 5.90. The quantitative estimate of drug-likeness (QED) is 0.760. The second-order valence-electron chi connectivity index (χ2n) is 5.33. The van der Waals surface area contributed by atoms with Crippen LogP contribution < -0.4 is 11.1 Å². The predicted molar refractivity (Wildman–Crippen MR) is 74.4 cm³/mol. The first-order chi connectivity index (χ1) is 9.51. The topological polar surface area (TPSA) is 105 Å². The smallest absolute Gasteiger partial charge is 0.305 e. The lowest BCUT2D eigenvalue weighted by molar-refractivity contribution is -0.138. The number of carbonyl (C=O) groups excluding carboxylic acids is 1. The molecule has 4 N–H and O–H groups in total. The van der Waals surface area contributed by atoms with Crippen LogP contribution in [0.4, 0.5) is 5.82 Å². The van der Waals surface area contributed by atoms with Gasteiger partial charge in [-0.25, -0.2) is 4.98 Å². The van der Waals surface area contributed by atoms with Crippen molar-refractivity contribution < 1.29 is 14.7 Å². The summed E-state index contributed by atoms with van der Waals surface area (Å²) in [6.45, 7) is 0. The number of carbonyl (C=O) groups is 2. The highest BCUT2D eigenvalue weighted by atomic mass is 16.4. The molecule has 6 heteroatoms. The molecule has 1 aromatic rings. The number of nitrogens with one attached hydrogen (secondary N) is 1. The Bertz CT molecular complexity index is 493. The first-order valence-electron chi connectivity index (χ1n) is 6.77. The second-order valence-corrected chi connectivity index (χ2v) is 5.33. The Morgan fingerprint density at radius 2 is 2.00 bits per heavy atom. The standard InChI is InChI=1S/C14H19N3O3/c15-13(20)10-4-5-11(16-9-10)17-14(8-12(18)19)6-2-1-3-7-14/h4-5,9H,1-3,6-8H2,(H2,15,20)(H,16,17)(H,18,19). The first kappa shape index (κ1) is 14.3. The zero-order valence-corrected chi connectivity index (χ0v) is 11.3. The summed E-state index contributed by atoms with van der Waals surface area (Å²) in [6.07, 6.45) is 6.28. The number of carboxylic acids is 1. The van der Waals surface area contributed by atoms with Gasteiger partial charge in [0.15, 0.2) is 0 Å². The van der Waals surface area contributed by atoms with Gasteiger partial charge in [0, 0.05) is 11.7 Å². The van der Waals surface area contributed by atoms with Crippen molar-refractivity contribution in [3.63, 3.8) is 0 Å². The van der Waals surface area contributed by atoms with Crippen LogP contribution in [-0.4, -0.2) is 27.5 Å². The lowest BCUT2D eigenvalue weighted by atomic mass is 9.79. The number of nitrogens with two attached hydrogens (primary N) is 1. The SMILES string of the molecule is NC(=O)c1ccc(NC2(CC(=O)O)CCCCC2)nc1. The van der Waals surface area contributed by atoms with Crippen molar-refractivity contribution in [1.82, 2.24) is 4.98 Å². The van der Waals surface area contributed by atoms with E-state index >= 15 is 0 Å².